The van der Waals surface area contributed by atoms with Crippen LogP contribution in [0, 0.1) is 0 Å². The van der Waals surface area contributed by atoms with Crippen molar-refractivity contribution in [2.45, 2.75) is 4.21 Å². The summed E-state index contributed by atoms with van der Waals surface area (Å²) in [6, 6.07) is 9.91. The minimum absolute atomic E-state index is 0.0885. The van der Waals surface area contributed by atoms with Crippen LogP contribution in [0.3, 0.4) is 0 Å². The summed E-state index contributed by atoms with van der Waals surface area (Å²) in [5.74, 6) is 0.311. The molecule has 0 saturated carbocycles. The van der Waals surface area contributed by atoms with Gasteiger partial charge in [0.05, 0.1) is 21.6 Å². The van der Waals surface area contributed by atoms with Gasteiger partial charge in [-0.3, -0.25) is 9.36 Å². The van der Waals surface area contributed by atoms with Gasteiger partial charge in [-0.25, -0.2) is 27.9 Å². The third-order valence-electron chi connectivity index (χ3n) is 4.65. The number of carbonyl (C=O) groups is 1. The molecule has 4 heterocycles. The van der Waals surface area contributed by atoms with Crippen LogP contribution in [0.15, 0.2) is 74.7 Å². The van der Waals surface area contributed by atoms with E-state index in [9.17, 15) is 18.0 Å². The van der Waals surface area contributed by atoms with Gasteiger partial charge < -0.3 is 9.73 Å². The minimum Gasteiger partial charge on any atom is -0.443 e. The van der Waals surface area contributed by atoms with E-state index >= 15 is 0 Å². The largest absolute Gasteiger partial charge is 0.443 e. The van der Waals surface area contributed by atoms with Gasteiger partial charge >= 0.3 is 6.03 Å². The van der Waals surface area contributed by atoms with Gasteiger partial charge in [-0.2, -0.15) is 0 Å². The SMILES string of the molecule is O=C(Nc1ccc(-n2ccc3cc4ncoc4cc3c2=O)nc1)NS(=O)(=O)c1ccc(Cl)s1. The molecule has 0 spiro atoms. The van der Waals surface area contributed by atoms with Gasteiger partial charge in [0.15, 0.2) is 12.0 Å². The first-order valence-electron chi connectivity index (χ1n) is 9.24. The molecule has 0 fully saturated rings. The highest BCUT2D eigenvalue weighted by Gasteiger charge is 2.20. The summed E-state index contributed by atoms with van der Waals surface area (Å²) in [6.45, 7) is 0. The Bertz CT molecular complexity index is 1690. The Hall–Kier alpha value is -3.74. The van der Waals surface area contributed by atoms with E-state index in [1.54, 1.807) is 24.4 Å². The van der Waals surface area contributed by atoms with Gasteiger partial charge in [0, 0.05) is 6.20 Å². The zero-order valence-corrected chi connectivity index (χ0v) is 18.7. The van der Waals surface area contributed by atoms with Crippen molar-refractivity contribution in [3.05, 3.63) is 75.9 Å². The average Bonchev–Trinajstić information content (AvgIpc) is 3.42. The number of pyridine rings is 2. The molecule has 0 aliphatic rings. The predicted octanol–water partition coefficient (Wildman–Crippen LogP) is 3.75. The molecule has 0 aliphatic heterocycles. The van der Waals surface area contributed by atoms with Crippen molar-refractivity contribution >= 4 is 66.6 Å². The number of oxazole rings is 1. The monoisotopic (exact) mass is 501 g/mol. The second kappa shape index (κ2) is 7.99. The van der Waals surface area contributed by atoms with Crippen LogP contribution >= 0.6 is 22.9 Å². The molecule has 2 N–H and O–H groups in total. The molecule has 33 heavy (non-hydrogen) atoms. The normalized spacial score (nSPS) is 11.7. The van der Waals surface area contributed by atoms with Crippen molar-refractivity contribution in [2.24, 2.45) is 0 Å². The molecule has 13 heteroatoms. The molecule has 0 unspecified atom stereocenters. The highest BCUT2D eigenvalue weighted by atomic mass is 35.5. The number of hydrogen-bond acceptors (Lipinski definition) is 8. The fraction of sp³-hybridized carbons (Fsp3) is 0. The van der Waals surface area contributed by atoms with E-state index in [1.807, 2.05) is 4.72 Å². The van der Waals surface area contributed by atoms with Gasteiger partial charge in [-0.1, -0.05) is 11.6 Å². The molecule has 1 aromatic carbocycles. The Morgan fingerprint density at radius 3 is 2.70 bits per heavy atom. The lowest BCUT2D eigenvalue weighted by molar-refractivity contribution is 0.256. The van der Waals surface area contributed by atoms with Crippen molar-refractivity contribution in [3.63, 3.8) is 0 Å². The summed E-state index contributed by atoms with van der Waals surface area (Å²) in [5, 5.41) is 3.53. The molecule has 0 saturated heterocycles. The van der Waals surface area contributed by atoms with Crippen molar-refractivity contribution in [2.75, 3.05) is 5.32 Å². The first-order valence-corrected chi connectivity index (χ1v) is 11.9. The molecule has 4 aromatic heterocycles. The lowest BCUT2D eigenvalue weighted by atomic mass is 10.1. The van der Waals surface area contributed by atoms with Crippen molar-refractivity contribution in [3.8, 4) is 5.82 Å². The predicted molar refractivity (Wildman–Crippen MR) is 124 cm³/mol. The second-order valence-electron chi connectivity index (χ2n) is 6.77. The number of rotatable bonds is 4. The maximum absolute atomic E-state index is 13.0. The number of thiophene rings is 1. The van der Waals surface area contributed by atoms with E-state index in [0.29, 0.717) is 27.7 Å². The Balaban J connectivity index is 1.36. The van der Waals surface area contributed by atoms with Crippen LogP contribution in [0.25, 0.3) is 27.7 Å². The fourth-order valence-electron chi connectivity index (χ4n) is 3.15. The first-order chi connectivity index (χ1) is 15.8. The maximum Gasteiger partial charge on any atom is 0.333 e. The Morgan fingerprint density at radius 1 is 1.12 bits per heavy atom. The topological polar surface area (TPSA) is 136 Å². The molecule has 0 atom stereocenters. The number of benzene rings is 1. The Morgan fingerprint density at radius 2 is 1.97 bits per heavy atom. The molecule has 0 aliphatic carbocycles. The van der Waals surface area contributed by atoms with E-state index in [-0.39, 0.29) is 19.8 Å². The lowest BCUT2D eigenvalue weighted by Crippen LogP contribution is -2.34. The molecule has 5 aromatic rings. The molecule has 10 nitrogen and oxygen atoms in total. The molecule has 2 amide bonds. The highest BCUT2D eigenvalue weighted by molar-refractivity contribution is 7.92. The van der Waals surface area contributed by atoms with Crippen LogP contribution in [-0.2, 0) is 10.0 Å². The van der Waals surface area contributed by atoms with E-state index in [4.69, 9.17) is 16.0 Å². The standard InChI is InChI=1S/C20H12ClN5O5S2/c21-16-2-4-18(32-16)33(29,30)25-20(28)24-12-1-3-17(22-9-12)26-6-5-11-7-14-15(31-10-23-14)8-13(11)19(26)27/h1-10H,(H2,24,25,28). The van der Waals surface area contributed by atoms with Crippen LogP contribution in [-0.4, -0.2) is 29.0 Å². The van der Waals surface area contributed by atoms with Crippen LogP contribution < -0.4 is 15.6 Å². The number of hydrogen-bond donors (Lipinski definition) is 2. The summed E-state index contributed by atoms with van der Waals surface area (Å²) in [6.07, 6.45) is 4.20. The summed E-state index contributed by atoms with van der Waals surface area (Å²) >= 11 is 6.57. The van der Waals surface area contributed by atoms with Gasteiger partial charge in [0.1, 0.15) is 15.5 Å². The third kappa shape index (κ3) is 4.06. The molecule has 0 radical (unpaired) electrons. The van der Waals surface area contributed by atoms with Crippen molar-refractivity contribution in [1.82, 2.24) is 19.3 Å². The van der Waals surface area contributed by atoms with E-state index in [0.717, 1.165) is 11.3 Å². The summed E-state index contributed by atoms with van der Waals surface area (Å²) in [5.41, 5.74) is 1.07. The van der Waals surface area contributed by atoms with Gasteiger partial charge in [0.25, 0.3) is 15.6 Å². The van der Waals surface area contributed by atoms with Gasteiger partial charge in [-0.05, 0) is 47.9 Å². The summed E-state index contributed by atoms with van der Waals surface area (Å²) in [4.78, 5) is 33.4. The fourth-order valence-corrected chi connectivity index (χ4v) is 5.54. The van der Waals surface area contributed by atoms with Crippen LogP contribution in [0.2, 0.25) is 4.34 Å². The Labute approximate surface area is 194 Å². The van der Waals surface area contributed by atoms with Gasteiger partial charge in [0.2, 0.25) is 0 Å². The number of amides is 2. The highest BCUT2D eigenvalue weighted by Crippen LogP contribution is 2.25. The number of sulfonamides is 1. The molecule has 0 bridgehead atoms. The average molecular weight is 502 g/mol. The number of nitrogens with zero attached hydrogens (tertiary/aromatic N) is 3. The number of aromatic nitrogens is 3. The smallest absolute Gasteiger partial charge is 0.333 e. The minimum atomic E-state index is -4.05. The van der Waals surface area contributed by atoms with Crippen LogP contribution in [0.1, 0.15) is 0 Å². The zero-order valence-electron chi connectivity index (χ0n) is 16.4. The number of fused-ring (bicyclic) bond motifs is 2. The molecule has 5 rings (SSSR count). The van der Waals surface area contributed by atoms with E-state index in [2.05, 4.69) is 15.3 Å². The lowest BCUT2D eigenvalue weighted by Gasteiger charge is -2.09. The van der Waals surface area contributed by atoms with Crippen LogP contribution in [0.5, 0.6) is 0 Å². The summed E-state index contributed by atoms with van der Waals surface area (Å²) in [7, 11) is -4.05. The molecule has 166 valence electrons. The van der Waals surface area contributed by atoms with Gasteiger partial charge in [-0.15, -0.1) is 11.3 Å². The summed E-state index contributed by atoms with van der Waals surface area (Å²) < 4.78 is 33.1. The number of carbonyl (C=O) groups excluding carboxylic acids is 1. The maximum atomic E-state index is 13.0. The molecular formula is C20H12ClN5O5S2. The molecular weight excluding hydrogens is 490 g/mol. The zero-order chi connectivity index (χ0) is 23.2. The first kappa shape index (κ1) is 21.1. The number of halogens is 1. The van der Waals surface area contributed by atoms with Crippen molar-refractivity contribution in [1.29, 1.82) is 0 Å². The van der Waals surface area contributed by atoms with Crippen molar-refractivity contribution < 1.29 is 17.6 Å². The van der Waals surface area contributed by atoms with E-state index < -0.39 is 16.1 Å². The number of urea groups is 1. The number of anilines is 1. The second-order valence-corrected chi connectivity index (χ2v) is 10.4. The quantitative estimate of drug-likeness (QED) is 0.382. The Kier molecular flexibility index (Phi) is 5.12. The number of nitrogens with one attached hydrogen (secondary N) is 2. The third-order valence-corrected chi connectivity index (χ3v) is 7.70. The van der Waals surface area contributed by atoms with E-state index in [1.165, 1.54) is 41.4 Å². The van der Waals surface area contributed by atoms with Crippen LogP contribution in [0.4, 0.5) is 10.5 Å².